The van der Waals surface area contributed by atoms with Crippen LogP contribution in [0, 0.1) is 10.1 Å². The Balaban J connectivity index is 2.80. The lowest BCUT2D eigenvalue weighted by Crippen LogP contribution is -1.96. The lowest BCUT2D eigenvalue weighted by atomic mass is 10.3. The summed E-state index contributed by atoms with van der Waals surface area (Å²) in [5.74, 6) is 0. The van der Waals surface area contributed by atoms with Crippen molar-refractivity contribution in [3.63, 3.8) is 0 Å². The zero-order chi connectivity index (χ0) is 9.42. The number of rotatable bonds is 1. The summed E-state index contributed by atoms with van der Waals surface area (Å²) >= 11 is 0. The van der Waals surface area contributed by atoms with Crippen molar-refractivity contribution in [2.24, 2.45) is 0 Å². The zero-order valence-electron chi connectivity index (χ0n) is 6.39. The first-order valence-corrected chi connectivity index (χ1v) is 3.42. The maximum absolute atomic E-state index is 10.4. The van der Waals surface area contributed by atoms with Crippen LogP contribution in [0.15, 0.2) is 12.4 Å². The van der Waals surface area contributed by atoms with Crippen LogP contribution in [0.5, 0.6) is 0 Å². The number of hydrogen-bond donors (Lipinski definition) is 2. The largest absolute Gasteiger partial charge is 0.392 e. The Labute approximate surface area is 71.7 Å². The average Bonchev–Trinajstić information content (AvgIpc) is 2.52. The summed E-state index contributed by atoms with van der Waals surface area (Å²) in [7, 11) is 0. The number of nitrogens with one attached hydrogen (secondary N) is 1. The highest BCUT2D eigenvalue weighted by Crippen LogP contribution is 2.26. The third-order valence-electron chi connectivity index (χ3n) is 1.70. The van der Waals surface area contributed by atoms with E-state index < -0.39 is 4.92 Å². The molecule has 3 N–H and O–H groups in total. The van der Waals surface area contributed by atoms with Crippen molar-refractivity contribution in [2.45, 2.75) is 0 Å². The Morgan fingerprint density at radius 1 is 1.54 bits per heavy atom. The second-order valence-electron chi connectivity index (χ2n) is 2.45. The number of hydrogen-bond acceptors (Lipinski definition) is 5. The summed E-state index contributed by atoms with van der Waals surface area (Å²) in [6, 6.07) is 0. The lowest BCUT2D eigenvalue weighted by Gasteiger charge is -1.95. The highest BCUT2D eigenvalue weighted by molar-refractivity contribution is 5.91. The van der Waals surface area contributed by atoms with E-state index in [2.05, 4.69) is 15.2 Å². The Bertz CT molecular complexity index is 477. The van der Waals surface area contributed by atoms with Crippen LogP contribution < -0.4 is 5.73 Å². The predicted molar refractivity (Wildman–Crippen MR) is 45.0 cm³/mol. The summed E-state index contributed by atoms with van der Waals surface area (Å²) in [6.45, 7) is 0. The van der Waals surface area contributed by atoms with E-state index in [-0.39, 0.29) is 11.4 Å². The molecule has 2 aromatic heterocycles. The Hall–Kier alpha value is -2.18. The van der Waals surface area contributed by atoms with Gasteiger partial charge in [0.1, 0.15) is 11.9 Å². The van der Waals surface area contributed by atoms with Crippen molar-refractivity contribution in [1.29, 1.82) is 0 Å². The van der Waals surface area contributed by atoms with Crippen LogP contribution >= 0.6 is 0 Å². The number of anilines is 1. The van der Waals surface area contributed by atoms with E-state index in [0.717, 1.165) is 6.20 Å². The van der Waals surface area contributed by atoms with Crippen LogP contribution in [0.3, 0.4) is 0 Å². The first-order chi connectivity index (χ1) is 6.20. The molecule has 0 spiro atoms. The molecule has 2 aromatic rings. The van der Waals surface area contributed by atoms with Crippen molar-refractivity contribution < 1.29 is 4.92 Å². The molecule has 0 unspecified atom stereocenters. The third-order valence-corrected chi connectivity index (χ3v) is 1.70. The first kappa shape index (κ1) is 7.47. The Morgan fingerprint density at radius 2 is 2.31 bits per heavy atom. The van der Waals surface area contributed by atoms with E-state index in [1.165, 1.54) is 6.20 Å². The molecular weight excluding hydrogens is 174 g/mol. The van der Waals surface area contributed by atoms with Gasteiger partial charge in [0, 0.05) is 0 Å². The minimum atomic E-state index is -0.575. The van der Waals surface area contributed by atoms with Crippen molar-refractivity contribution in [3.05, 3.63) is 22.5 Å². The molecule has 0 atom stereocenters. The van der Waals surface area contributed by atoms with Crippen LogP contribution in [0.25, 0.3) is 11.0 Å². The Morgan fingerprint density at radius 3 is 3.00 bits per heavy atom. The van der Waals surface area contributed by atoms with Gasteiger partial charge in [-0.05, 0) is 0 Å². The van der Waals surface area contributed by atoms with E-state index >= 15 is 0 Å². The Kier molecular flexibility index (Phi) is 1.38. The number of nitrogens with zero attached hydrogens (tertiary/aromatic N) is 3. The van der Waals surface area contributed by atoms with Crippen LogP contribution in [-0.2, 0) is 0 Å². The molecule has 0 aliphatic carbocycles. The fraction of sp³-hybridized carbons (Fsp3) is 0. The molecule has 7 heteroatoms. The molecule has 66 valence electrons. The third kappa shape index (κ3) is 0.975. The SMILES string of the molecule is Nc1c([N+](=O)[O-])cnc2[nH]ncc12. The van der Waals surface area contributed by atoms with E-state index in [1.54, 1.807) is 0 Å². The number of nitro groups is 1. The quantitative estimate of drug-likeness (QED) is 0.487. The number of nitrogens with two attached hydrogens (primary N) is 1. The predicted octanol–water partition coefficient (Wildman–Crippen LogP) is 0.448. The number of aromatic amines is 1. The molecule has 0 aliphatic rings. The van der Waals surface area contributed by atoms with Gasteiger partial charge in [-0.15, -0.1) is 0 Å². The summed E-state index contributed by atoms with van der Waals surface area (Å²) < 4.78 is 0. The van der Waals surface area contributed by atoms with E-state index in [1.807, 2.05) is 0 Å². The first-order valence-electron chi connectivity index (χ1n) is 3.42. The van der Waals surface area contributed by atoms with Crippen LogP contribution in [0.1, 0.15) is 0 Å². The number of aromatic nitrogens is 3. The van der Waals surface area contributed by atoms with Gasteiger partial charge in [0.2, 0.25) is 0 Å². The normalized spacial score (nSPS) is 10.5. The second kappa shape index (κ2) is 2.41. The summed E-state index contributed by atoms with van der Waals surface area (Å²) in [6.07, 6.45) is 2.51. The van der Waals surface area contributed by atoms with E-state index in [4.69, 9.17) is 5.73 Å². The fourth-order valence-electron chi connectivity index (χ4n) is 1.05. The van der Waals surface area contributed by atoms with Gasteiger partial charge >= 0.3 is 5.69 Å². The van der Waals surface area contributed by atoms with E-state index in [9.17, 15) is 10.1 Å². The molecule has 0 aliphatic heterocycles. The molecule has 0 saturated heterocycles. The van der Waals surface area contributed by atoms with Crippen LogP contribution in [-0.4, -0.2) is 20.1 Å². The standard InChI is InChI=1S/C6H5N5O2/c7-5-3-1-9-10-6(3)8-2-4(5)11(12)13/h1-2H,(H3,7,8,9,10). The lowest BCUT2D eigenvalue weighted by molar-refractivity contribution is -0.384. The minimum Gasteiger partial charge on any atom is -0.392 e. The van der Waals surface area contributed by atoms with Crippen molar-refractivity contribution >= 4 is 22.4 Å². The molecule has 2 rings (SSSR count). The van der Waals surface area contributed by atoms with E-state index in [0.29, 0.717) is 11.0 Å². The van der Waals surface area contributed by atoms with Gasteiger partial charge in [0.15, 0.2) is 5.65 Å². The molecule has 13 heavy (non-hydrogen) atoms. The number of fused-ring (bicyclic) bond motifs is 1. The van der Waals surface area contributed by atoms with Gasteiger partial charge < -0.3 is 5.73 Å². The molecule has 0 saturated carbocycles. The molecular formula is C6H5N5O2. The number of nitrogen functional groups attached to an aromatic ring is 1. The zero-order valence-corrected chi connectivity index (χ0v) is 6.39. The minimum absolute atomic E-state index is 0.0868. The topological polar surface area (TPSA) is 111 Å². The maximum atomic E-state index is 10.4. The number of H-pyrrole nitrogens is 1. The highest BCUT2D eigenvalue weighted by Gasteiger charge is 2.15. The van der Waals surface area contributed by atoms with Gasteiger partial charge in [-0.25, -0.2) is 4.98 Å². The van der Waals surface area contributed by atoms with Crippen LogP contribution in [0.2, 0.25) is 0 Å². The smallest absolute Gasteiger partial charge is 0.311 e. The molecule has 0 fully saturated rings. The molecule has 0 amide bonds. The van der Waals surface area contributed by atoms with Gasteiger partial charge in [-0.1, -0.05) is 0 Å². The summed E-state index contributed by atoms with van der Waals surface area (Å²) in [4.78, 5) is 13.7. The molecule has 2 heterocycles. The van der Waals surface area contributed by atoms with Gasteiger partial charge in [0.25, 0.3) is 0 Å². The van der Waals surface area contributed by atoms with Crippen molar-refractivity contribution in [3.8, 4) is 0 Å². The molecule has 0 aromatic carbocycles. The molecule has 7 nitrogen and oxygen atoms in total. The maximum Gasteiger partial charge on any atom is 0.311 e. The monoisotopic (exact) mass is 179 g/mol. The summed E-state index contributed by atoms with van der Waals surface area (Å²) in [5, 5.41) is 17.1. The summed E-state index contributed by atoms with van der Waals surface area (Å²) in [5.41, 5.74) is 5.86. The fourth-order valence-corrected chi connectivity index (χ4v) is 1.05. The van der Waals surface area contributed by atoms with Crippen molar-refractivity contribution in [2.75, 3.05) is 5.73 Å². The number of pyridine rings is 1. The van der Waals surface area contributed by atoms with Gasteiger partial charge in [0.05, 0.1) is 16.5 Å². The molecule has 0 bridgehead atoms. The molecule has 0 radical (unpaired) electrons. The van der Waals surface area contributed by atoms with Gasteiger partial charge in [-0.2, -0.15) is 5.10 Å². The second-order valence-corrected chi connectivity index (χ2v) is 2.45. The highest BCUT2D eigenvalue weighted by atomic mass is 16.6. The van der Waals surface area contributed by atoms with Crippen LogP contribution in [0.4, 0.5) is 11.4 Å². The average molecular weight is 179 g/mol. The van der Waals surface area contributed by atoms with Crippen molar-refractivity contribution in [1.82, 2.24) is 15.2 Å². The van der Waals surface area contributed by atoms with Gasteiger partial charge in [-0.3, -0.25) is 15.2 Å².